The lowest BCUT2D eigenvalue weighted by Crippen LogP contribution is -2.43. The summed E-state index contributed by atoms with van der Waals surface area (Å²) in [5, 5.41) is 13.2. The smallest absolute Gasteiger partial charge is 0.0791 e. The Balaban J connectivity index is 1.95. The standard InChI is InChI=1S/C12H27N3O2/c1-14(2)5-3-4-13-10-12(16)11-15-6-8-17-9-7-15/h12-13,16H,3-11H2,1-2H3. The summed E-state index contributed by atoms with van der Waals surface area (Å²) in [6, 6.07) is 0. The van der Waals surface area contributed by atoms with Crippen LogP contribution in [0.5, 0.6) is 0 Å². The first-order valence-corrected chi connectivity index (χ1v) is 6.52. The molecule has 0 aromatic rings. The molecule has 102 valence electrons. The molecule has 0 radical (unpaired) electrons. The lowest BCUT2D eigenvalue weighted by molar-refractivity contribution is 0.0149. The van der Waals surface area contributed by atoms with Gasteiger partial charge < -0.3 is 20.1 Å². The van der Waals surface area contributed by atoms with Crippen LogP contribution < -0.4 is 5.32 Å². The van der Waals surface area contributed by atoms with E-state index in [1.54, 1.807) is 0 Å². The minimum atomic E-state index is -0.271. The normalized spacial score (nSPS) is 19.8. The van der Waals surface area contributed by atoms with E-state index in [4.69, 9.17) is 4.74 Å². The van der Waals surface area contributed by atoms with Gasteiger partial charge in [-0.25, -0.2) is 0 Å². The second-order valence-corrected chi connectivity index (χ2v) is 4.93. The van der Waals surface area contributed by atoms with Gasteiger partial charge >= 0.3 is 0 Å². The van der Waals surface area contributed by atoms with Crippen LogP contribution in [0.25, 0.3) is 0 Å². The zero-order chi connectivity index (χ0) is 12.5. The molecule has 0 amide bonds. The van der Waals surface area contributed by atoms with Crippen LogP contribution in [0.1, 0.15) is 6.42 Å². The molecule has 0 spiro atoms. The van der Waals surface area contributed by atoms with Gasteiger partial charge in [0.2, 0.25) is 0 Å². The van der Waals surface area contributed by atoms with Gasteiger partial charge in [0.05, 0.1) is 19.3 Å². The Morgan fingerprint density at radius 2 is 2.06 bits per heavy atom. The fraction of sp³-hybridized carbons (Fsp3) is 1.00. The second kappa shape index (κ2) is 8.83. The van der Waals surface area contributed by atoms with Gasteiger partial charge in [-0.2, -0.15) is 0 Å². The molecule has 1 aliphatic rings. The third kappa shape index (κ3) is 7.68. The van der Waals surface area contributed by atoms with Crippen molar-refractivity contribution in [3.63, 3.8) is 0 Å². The molecule has 0 aromatic carbocycles. The van der Waals surface area contributed by atoms with Gasteiger partial charge in [0, 0.05) is 26.2 Å². The van der Waals surface area contributed by atoms with Crippen LogP contribution in [-0.2, 0) is 4.74 Å². The molecule has 0 bridgehead atoms. The van der Waals surface area contributed by atoms with Gasteiger partial charge in [-0.15, -0.1) is 0 Å². The maximum absolute atomic E-state index is 9.85. The molecule has 2 N–H and O–H groups in total. The van der Waals surface area contributed by atoms with Crippen LogP contribution in [0.2, 0.25) is 0 Å². The van der Waals surface area contributed by atoms with E-state index in [1.165, 1.54) is 0 Å². The highest BCUT2D eigenvalue weighted by atomic mass is 16.5. The number of rotatable bonds is 8. The molecular formula is C12H27N3O2. The number of nitrogens with one attached hydrogen (secondary N) is 1. The van der Waals surface area contributed by atoms with Crippen LogP contribution in [0.15, 0.2) is 0 Å². The topological polar surface area (TPSA) is 48.0 Å². The van der Waals surface area contributed by atoms with Crippen molar-refractivity contribution >= 4 is 0 Å². The quantitative estimate of drug-likeness (QED) is 0.550. The summed E-state index contributed by atoms with van der Waals surface area (Å²) in [5.41, 5.74) is 0. The van der Waals surface area contributed by atoms with E-state index in [1.807, 2.05) is 0 Å². The SMILES string of the molecule is CN(C)CCCNCC(O)CN1CCOCC1. The van der Waals surface area contributed by atoms with Crippen LogP contribution in [0, 0.1) is 0 Å². The maximum Gasteiger partial charge on any atom is 0.0791 e. The summed E-state index contributed by atoms with van der Waals surface area (Å²) < 4.78 is 5.27. The van der Waals surface area contributed by atoms with Crippen molar-refractivity contribution in [2.45, 2.75) is 12.5 Å². The van der Waals surface area contributed by atoms with Crippen molar-refractivity contribution in [1.82, 2.24) is 15.1 Å². The van der Waals surface area contributed by atoms with Crippen molar-refractivity contribution in [3.8, 4) is 0 Å². The summed E-state index contributed by atoms with van der Waals surface area (Å²) in [6.45, 7) is 6.97. The zero-order valence-electron chi connectivity index (χ0n) is 11.2. The summed E-state index contributed by atoms with van der Waals surface area (Å²) >= 11 is 0. The zero-order valence-corrected chi connectivity index (χ0v) is 11.2. The molecule has 17 heavy (non-hydrogen) atoms. The van der Waals surface area contributed by atoms with E-state index in [-0.39, 0.29) is 6.10 Å². The Hall–Kier alpha value is -0.200. The minimum absolute atomic E-state index is 0.271. The van der Waals surface area contributed by atoms with E-state index in [0.717, 1.165) is 52.4 Å². The molecule has 5 nitrogen and oxygen atoms in total. The lowest BCUT2D eigenvalue weighted by atomic mass is 10.3. The molecule has 5 heteroatoms. The van der Waals surface area contributed by atoms with Crippen LogP contribution in [0.4, 0.5) is 0 Å². The van der Waals surface area contributed by atoms with Crippen molar-refractivity contribution in [3.05, 3.63) is 0 Å². The fourth-order valence-corrected chi connectivity index (χ4v) is 1.94. The molecule has 0 saturated carbocycles. The number of hydrogen-bond donors (Lipinski definition) is 2. The molecule has 0 aliphatic carbocycles. The second-order valence-electron chi connectivity index (χ2n) is 4.93. The predicted molar refractivity (Wildman–Crippen MR) is 69.3 cm³/mol. The Bertz CT molecular complexity index is 185. The van der Waals surface area contributed by atoms with Crippen molar-refractivity contribution in [1.29, 1.82) is 0 Å². The fourth-order valence-electron chi connectivity index (χ4n) is 1.94. The van der Waals surface area contributed by atoms with Gasteiger partial charge in [0.25, 0.3) is 0 Å². The number of nitrogens with zero attached hydrogens (tertiary/aromatic N) is 2. The molecule has 1 unspecified atom stereocenters. The lowest BCUT2D eigenvalue weighted by Gasteiger charge is -2.28. The number of β-amino-alcohol motifs (C(OH)–C–C–N with tert-alkyl or cyclic N) is 1. The maximum atomic E-state index is 9.85. The largest absolute Gasteiger partial charge is 0.390 e. The van der Waals surface area contributed by atoms with E-state index in [9.17, 15) is 5.11 Å². The molecule has 1 rings (SSSR count). The number of morpholine rings is 1. The monoisotopic (exact) mass is 245 g/mol. The third-order valence-corrected chi connectivity index (χ3v) is 2.91. The first-order chi connectivity index (χ1) is 8.18. The highest BCUT2D eigenvalue weighted by Crippen LogP contribution is 1.98. The van der Waals surface area contributed by atoms with E-state index < -0.39 is 0 Å². The van der Waals surface area contributed by atoms with Gasteiger partial charge in [-0.05, 0) is 33.6 Å². The van der Waals surface area contributed by atoms with Crippen LogP contribution in [-0.4, -0.2) is 87.6 Å². The molecule has 1 saturated heterocycles. The average molecular weight is 245 g/mol. The Labute approximate surface area is 105 Å². The Morgan fingerprint density at radius 1 is 1.35 bits per heavy atom. The Morgan fingerprint density at radius 3 is 2.71 bits per heavy atom. The van der Waals surface area contributed by atoms with E-state index in [2.05, 4.69) is 29.2 Å². The number of hydrogen-bond acceptors (Lipinski definition) is 5. The molecule has 1 fully saturated rings. The van der Waals surface area contributed by atoms with Gasteiger partial charge in [0.15, 0.2) is 0 Å². The predicted octanol–water partition coefficient (Wildman–Crippen LogP) is -0.779. The highest BCUT2D eigenvalue weighted by Gasteiger charge is 2.14. The molecule has 1 aliphatic heterocycles. The molecule has 0 aromatic heterocycles. The first-order valence-electron chi connectivity index (χ1n) is 6.52. The van der Waals surface area contributed by atoms with Crippen LogP contribution in [0.3, 0.4) is 0 Å². The van der Waals surface area contributed by atoms with Crippen molar-refractivity contribution < 1.29 is 9.84 Å². The summed E-state index contributed by atoms with van der Waals surface area (Å²) in [4.78, 5) is 4.43. The van der Waals surface area contributed by atoms with E-state index in [0.29, 0.717) is 6.54 Å². The third-order valence-electron chi connectivity index (χ3n) is 2.91. The summed E-state index contributed by atoms with van der Waals surface area (Å²) in [5.74, 6) is 0. The van der Waals surface area contributed by atoms with Crippen molar-refractivity contribution in [2.24, 2.45) is 0 Å². The summed E-state index contributed by atoms with van der Waals surface area (Å²) in [7, 11) is 4.15. The van der Waals surface area contributed by atoms with Crippen molar-refractivity contribution in [2.75, 3.05) is 66.6 Å². The number of aliphatic hydroxyl groups excluding tert-OH is 1. The first kappa shape index (κ1) is 14.9. The van der Waals surface area contributed by atoms with Gasteiger partial charge in [0.1, 0.15) is 0 Å². The average Bonchev–Trinajstić information content (AvgIpc) is 2.29. The van der Waals surface area contributed by atoms with E-state index >= 15 is 0 Å². The molecule has 1 atom stereocenters. The van der Waals surface area contributed by atoms with Gasteiger partial charge in [-0.3, -0.25) is 4.90 Å². The molecular weight excluding hydrogens is 218 g/mol. The number of ether oxygens (including phenoxy) is 1. The Kier molecular flexibility index (Phi) is 7.72. The highest BCUT2D eigenvalue weighted by molar-refractivity contribution is 4.69. The molecule has 1 heterocycles. The summed E-state index contributed by atoms with van der Waals surface area (Å²) in [6.07, 6.45) is 0.851. The van der Waals surface area contributed by atoms with Crippen LogP contribution >= 0.6 is 0 Å². The number of aliphatic hydroxyl groups is 1. The van der Waals surface area contributed by atoms with Gasteiger partial charge in [-0.1, -0.05) is 0 Å². The minimum Gasteiger partial charge on any atom is -0.390 e.